The fourth-order valence-electron chi connectivity index (χ4n) is 3.20. The van der Waals surface area contributed by atoms with Crippen molar-refractivity contribution in [2.75, 3.05) is 0 Å². The molecule has 0 aliphatic heterocycles. The van der Waals surface area contributed by atoms with Crippen molar-refractivity contribution in [2.45, 2.75) is 64.2 Å². The molecular formula is C19H26O3S. The molecule has 126 valence electrons. The highest BCUT2D eigenvalue weighted by molar-refractivity contribution is 7.86. The Morgan fingerprint density at radius 2 is 1.35 bits per heavy atom. The largest absolute Gasteiger partial charge is 0.295 e. The number of rotatable bonds is 4. The van der Waals surface area contributed by atoms with Gasteiger partial charge in [-0.25, -0.2) is 0 Å². The molecule has 2 aromatic carbocycles. The third-order valence-electron chi connectivity index (χ3n) is 4.33. The molecule has 0 aliphatic carbocycles. The molecule has 1 N–H and O–H groups in total. The first-order chi connectivity index (χ1) is 10.6. The molecule has 0 aliphatic rings. The summed E-state index contributed by atoms with van der Waals surface area (Å²) in [7, 11) is -4.29. The van der Waals surface area contributed by atoms with E-state index in [0.29, 0.717) is 10.9 Å². The standard InChI is InChI=1S/C19H26O3S/c1-11(2)14-8-7-9-15-18(14)16(12(3)4)10-17(13(5)6)19(15)23(20,21)22/h7-13H,1-6H3,(H,20,21,22). The van der Waals surface area contributed by atoms with Gasteiger partial charge in [-0.2, -0.15) is 8.42 Å². The topological polar surface area (TPSA) is 54.4 Å². The minimum Gasteiger partial charge on any atom is -0.282 e. The summed E-state index contributed by atoms with van der Waals surface area (Å²) in [5.74, 6) is 0.553. The van der Waals surface area contributed by atoms with Crippen molar-refractivity contribution in [3.8, 4) is 0 Å². The van der Waals surface area contributed by atoms with Gasteiger partial charge in [0.1, 0.15) is 4.90 Å². The van der Waals surface area contributed by atoms with E-state index in [4.69, 9.17) is 0 Å². The van der Waals surface area contributed by atoms with Gasteiger partial charge in [0.05, 0.1) is 0 Å². The van der Waals surface area contributed by atoms with Gasteiger partial charge in [-0.05, 0) is 39.8 Å². The Morgan fingerprint density at radius 1 is 0.826 bits per heavy atom. The zero-order chi connectivity index (χ0) is 17.5. The minimum atomic E-state index is -4.29. The quantitative estimate of drug-likeness (QED) is 0.756. The smallest absolute Gasteiger partial charge is 0.282 e. The Balaban J connectivity index is 3.14. The van der Waals surface area contributed by atoms with Gasteiger partial charge in [-0.3, -0.25) is 4.55 Å². The van der Waals surface area contributed by atoms with Gasteiger partial charge >= 0.3 is 0 Å². The van der Waals surface area contributed by atoms with Crippen molar-refractivity contribution in [1.82, 2.24) is 0 Å². The van der Waals surface area contributed by atoms with Crippen molar-refractivity contribution in [3.63, 3.8) is 0 Å². The van der Waals surface area contributed by atoms with Crippen LogP contribution in [0.4, 0.5) is 0 Å². The molecule has 0 fully saturated rings. The van der Waals surface area contributed by atoms with Crippen molar-refractivity contribution in [2.24, 2.45) is 0 Å². The molecule has 2 rings (SSSR count). The lowest BCUT2D eigenvalue weighted by atomic mass is 9.85. The Hall–Kier alpha value is -1.39. The monoisotopic (exact) mass is 334 g/mol. The molecule has 0 radical (unpaired) electrons. The zero-order valence-electron chi connectivity index (χ0n) is 14.7. The highest BCUT2D eigenvalue weighted by Gasteiger charge is 2.25. The highest BCUT2D eigenvalue weighted by Crippen LogP contribution is 2.39. The van der Waals surface area contributed by atoms with E-state index < -0.39 is 10.1 Å². The normalized spacial score (nSPS) is 12.8. The lowest BCUT2D eigenvalue weighted by Gasteiger charge is -2.22. The first-order valence-electron chi connectivity index (χ1n) is 8.12. The van der Waals surface area contributed by atoms with Crippen LogP contribution < -0.4 is 0 Å². The minimum absolute atomic E-state index is 0.0107. The molecule has 0 unspecified atom stereocenters. The summed E-state index contributed by atoms with van der Waals surface area (Å²) < 4.78 is 34.0. The second-order valence-corrected chi connectivity index (χ2v) is 8.45. The van der Waals surface area contributed by atoms with E-state index in [-0.39, 0.29) is 22.6 Å². The summed E-state index contributed by atoms with van der Waals surface area (Å²) in [5.41, 5.74) is 2.94. The third-order valence-corrected chi connectivity index (χ3v) is 5.30. The Morgan fingerprint density at radius 3 is 1.78 bits per heavy atom. The Kier molecular flexibility index (Phi) is 4.88. The molecule has 3 nitrogen and oxygen atoms in total. The number of benzene rings is 2. The zero-order valence-corrected chi connectivity index (χ0v) is 15.5. The molecule has 0 bridgehead atoms. The molecular weight excluding hydrogens is 308 g/mol. The van der Waals surface area contributed by atoms with E-state index in [9.17, 15) is 13.0 Å². The summed E-state index contributed by atoms with van der Waals surface area (Å²) in [6, 6.07) is 7.69. The van der Waals surface area contributed by atoms with Crippen molar-refractivity contribution >= 4 is 20.9 Å². The van der Waals surface area contributed by atoms with Crippen LogP contribution in [-0.4, -0.2) is 13.0 Å². The molecule has 0 heterocycles. The highest BCUT2D eigenvalue weighted by atomic mass is 32.2. The molecule has 0 amide bonds. The second kappa shape index (κ2) is 6.25. The molecule has 2 aromatic rings. The Labute approximate surface area is 139 Å². The van der Waals surface area contributed by atoms with E-state index >= 15 is 0 Å². The number of fused-ring (bicyclic) bond motifs is 1. The van der Waals surface area contributed by atoms with Gasteiger partial charge in [-0.1, -0.05) is 65.8 Å². The van der Waals surface area contributed by atoms with Crippen LogP contribution in [0, 0.1) is 0 Å². The predicted molar refractivity (Wildman–Crippen MR) is 96.0 cm³/mol. The summed E-state index contributed by atoms with van der Waals surface area (Å²) in [5, 5.41) is 1.60. The van der Waals surface area contributed by atoms with Gasteiger partial charge in [-0.15, -0.1) is 0 Å². The summed E-state index contributed by atoms with van der Waals surface area (Å²) in [6.45, 7) is 12.3. The van der Waals surface area contributed by atoms with E-state index in [1.807, 2.05) is 38.1 Å². The van der Waals surface area contributed by atoms with Crippen LogP contribution in [0.5, 0.6) is 0 Å². The van der Waals surface area contributed by atoms with E-state index in [1.165, 1.54) is 0 Å². The van der Waals surface area contributed by atoms with Gasteiger partial charge < -0.3 is 0 Å². The van der Waals surface area contributed by atoms with Gasteiger partial charge in [0.2, 0.25) is 0 Å². The Bertz CT molecular complexity index is 831. The molecule has 0 aromatic heterocycles. The summed E-state index contributed by atoms with van der Waals surface area (Å²) in [4.78, 5) is 0.0643. The van der Waals surface area contributed by atoms with Crippen molar-refractivity contribution < 1.29 is 13.0 Å². The van der Waals surface area contributed by atoms with Crippen LogP contribution in [0.1, 0.15) is 76.0 Å². The number of hydrogen-bond donors (Lipinski definition) is 1. The summed E-state index contributed by atoms with van der Waals surface area (Å²) in [6.07, 6.45) is 0. The van der Waals surface area contributed by atoms with E-state index in [0.717, 1.165) is 16.5 Å². The van der Waals surface area contributed by atoms with Crippen molar-refractivity contribution in [1.29, 1.82) is 0 Å². The maximum Gasteiger partial charge on any atom is 0.295 e. The average molecular weight is 334 g/mol. The molecule has 0 saturated carbocycles. The molecule has 4 heteroatoms. The van der Waals surface area contributed by atoms with Gasteiger partial charge in [0.15, 0.2) is 0 Å². The molecule has 0 saturated heterocycles. The summed E-state index contributed by atoms with van der Waals surface area (Å²) >= 11 is 0. The SMILES string of the molecule is CC(C)c1cc(C(C)C)c2c(C(C)C)cccc2c1S(=O)(=O)O. The third kappa shape index (κ3) is 3.29. The van der Waals surface area contributed by atoms with Crippen molar-refractivity contribution in [3.05, 3.63) is 41.0 Å². The van der Waals surface area contributed by atoms with Crippen LogP contribution >= 0.6 is 0 Å². The molecule has 0 atom stereocenters. The first kappa shape index (κ1) is 18.0. The van der Waals surface area contributed by atoms with E-state index in [1.54, 1.807) is 0 Å². The molecule has 0 spiro atoms. The maximum atomic E-state index is 12.1. The maximum absolute atomic E-state index is 12.1. The lowest BCUT2D eigenvalue weighted by Crippen LogP contribution is -2.09. The van der Waals surface area contributed by atoms with Crippen LogP contribution in [0.15, 0.2) is 29.2 Å². The lowest BCUT2D eigenvalue weighted by molar-refractivity contribution is 0.482. The fraction of sp³-hybridized carbons (Fsp3) is 0.474. The van der Waals surface area contributed by atoms with Crippen LogP contribution in [-0.2, 0) is 10.1 Å². The van der Waals surface area contributed by atoms with Gasteiger partial charge in [0.25, 0.3) is 10.1 Å². The molecule has 23 heavy (non-hydrogen) atoms. The van der Waals surface area contributed by atoms with Crippen LogP contribution in [0.25, 0.3) is 10.8 Å². The first-order valence-corrected chi connectivity index (χ1v) is 9.56. The van der Waals surface area contributed by atoms with Crippen LogP contribution in [0.3, 0.4) is 0 Å². The number of hydrogen-bond acceptors (Lipinski definition) is 2. The van der Waals surface area contributed by atoms with Gasteiger partial charge in [0, 0.05) is 5.39 Å². The van der Waals surface area contributed by atoms with E-state index in [2.05, 4.69) is 27.7 Å². The second-order valence-electron chi connectivity index (χ2n) is 7.09. The fourth-order valence-corrected chi connectivity index (χ4v) is 4.24. The predicted octanol–water partition coefficient (Wildman–Crippen LogP) is 5.46. The van der Waals surface area contributed by atoms with Crippen LogP contribution in [0.2, 0.25) is 0 Å². The average Bonchev–Trinajstić information content (AvgIpc) is 2.42.